The molecule has 0 unspecified atom stereocenters. The molecule has 8 nitrogen and oxygen atoms in total. The minimum Gasteiger partial charge on any atom is -0.484 e. The summed E-state index contributed by atoms with van der Waals surface area (Å²) in [6, 6.07) is 17.2. The topological polar surface area (TPSA) is 109 Å². The molecule has 8 heteroatoms. The van der Waals surface area contributed by atoms with Crippen LogP contribution in [0.3, 0.4) is 0 Å². The molecule has 0 aliphatic carbocycles. The summed E-state index contributed by atoms with van der Waals surface area (Å²) in [6.45, 7) is 0.341. The van der Waals surface area contributed by atoms with E-state index in [1.165, 1.54) is 0 Å². The number of hydrazine groups is 1. The number of nitrogens with zero attached hydrogens (tertiary/aromatic N) is 3. The summed E-state index contributed by atoms with van der Waals surface area (Å²) < 4.78 is 7.07. The van der Waals surface area contributed by atoms with Gasteiger partial charge in [-0.05, 0) is 48.0 Å². The van der Waals surface area contributed by atoms with E-state index in [1.807, 2.05) is 30.5 Å². The number of hydrogen-bond donors (Lipinski definition) is 2. The molecule has 0 spiro atoms. The number of aromatic nitrogens is 2. The van der Waals surface area contributed by atoms with Crippen LogP contribution in [0.2, 0.25) is 0 Å². The third-order valence-corrected chi connectivity index (χ3v) is 3.79. The molecular weight excluding hydrogens is 358 g/mol. The van der Waals surface area contributed by atoms with Crippen LogP contribution in [0.15, 0.2) is 67.0 Å². The van der Waals surface area contributed by atoms with E-state index in [-0.39, 0.29) is 6.61 Å². The number of carbonyl (C=O) groups is 2. The zero-order valence-electron chi connectivity index (χ0n) is 14.8. The predicted octanol–water partition coefficient (Wildman–Crippen LogP) is 1.64. The van der Waals surface area contributed by atoms with Crippen molar-refractivity contribution in [1.29, 1.82) is 5.26 Å². The summed E-state index contributed by atoms with van der Waals surface area (Å²) in [7, 11) is 0. The first-order chi connectivity index (χ1) is 13.6. The Morgan fingerprint density at radius 2 is 1.82 bits per heavy atom. The number of nitriles is 1. The zero-order valence-corrected chi connectivity index (χ0v) is 14.8. The normalized spacial score (nSPS) is 9.96. The smallest absolute Gasteiger partial charge is 0.276 e. The highest BCUT2D eigenvalue weighted by atomic mass is 16.5. The summed E-state index contributed by atoms with van der Waals surface area (Å²) >= 11 is 0. The van der Waals surface area contributed by atoms with Gasteiger partial charge in [0.2, 0.25) is 0 Å². The summed E-state index contributed by atoms with van der Waals surface area (Å²) in [5.41, 5.74) is 6.55. The van der Waals surface area contributed by atoms with E-state index in [4.69, 9.17) is 10.00 Å². The van der Waals surface area contributed by atoms with Gasteiger partial charge in [0.05, 0.1) is 18.2 Å². The van der Waals surface area contributed by atoms with E-state index < -0.39 is 11.8 Å². The van der Waals surface area contributed by atoms with Gasteiger partial charge in [-0.2, -0.15) is 10.4 Å². The number of rotatable bonds is 6. The molecule has 2 N–H and O–H groups in total. The Balaban J connectivity index is 1.43. The molecule has 0 atom stereocenters. The van der Waals surface area contributed by atoms with Gasteiger partial charge in [0.25, 0.3) is 11.8 Å². The minimum atomic E-state index is -0.506. The maximum atomic E-state index is 12.1. The fourth-order valence-electron chi connectivity index (χ4n) is 2.35. The lowest BCUT2D eigenvalue weighted by atomic mass is 10.1. The number of ether oxygens (including phenoxy) is 1. The van der Waals surface area contributed by atoms with Gasteiger partial charge < -0.3 is 4.74 Å². The molecule has 3 rings (SSSR count). The highest BCUT2D eigenvalue weighted by Crippen LogP contribution is 2.11. The van der Waals surface area contributed by atoms with E-state index in [0.717, 1.165) is 5.56 Å². The van der Waals surface area contributed by atoms with Gasteiger partial charge in [-0.15, -0.1) is 0 Å². The Hall–Kier alpha value is -4.12. The van der Waals surface area contributed by atoms with Crippen LogP contribution in [0.5, 0.6) is 5.75 Å². The van der Waals surface area contributed by atoms with E-state index >= 15 is 0 Å². The molecule has 0 fully saturated rings. The average Bonchev–Trinajstić information content (AvgIpc) is 3.24. The van der Waals surface area contributed by atoms with Gasteiger partial charge in [-0.25, -0.2) is 0 Å². The van der Waals surface area contributed by atoms with Crippen molar-refractivity contribution in [3.8, 4) is 11.8 Å². The molecule has 2 amide bonds. The molecule has 140 valence electrons. The first-order valence-corrected chi connectivity index (χ1v) is 8.42. The largest absolute Gasteiger partial charge is 0.484 e. The highest BCUT2D eigenvalue weighted by Gasteiger charge is 2.08. The fourth-order valence-corrected chi connectivity index (χ4v) is 2.35. The molecular formula is C20H17N5O3. The van der Waals surface area contributed by atoms with Crippen molar-refractivity contribution in [3.63, 3.8) is 0 Å². The van der Waals surface area contributed by atoms with Crippen LogP contribution < -0.4 is 15.6 Å². The number of nitrogens with one attached hydrogen (secondary N) is 2. The van der Waals surface area contributed by atoms with Crippen molar-refractivity contribution in [3.05, 3.63) is 83.7 Å². The first kappa shape index (κ1) is 18.7. The predicted molar refractivity (Wildman–Crippen MR) is 100 cm³/mol. The van der Waals surface area contributed by atoms with Gasteiger partial charge >= 0.3 is 0 Å². The molecule has 2 aromatic carbocycles. The number of amides is 2. The molecule has 1 heterocycles. The Bertz CT molecular complexity index is 974. The number of benzene rings is 2. The van der Waals surface area contributed by atoms with E-state index in [9.17, 15) is 9.59 Å². The van der Waals surface area contributed by atoms with Crippen LogP contribution in [0.25, 0.3) is 0 Å². The lowest BCUT2D eigenvalue weighted by Gasteiger charge is -2.09. The summed E-state index contributed by atoms with van der Waals surface area (Å²) in [5.74, 6) is -0.487. The van der Waals surface area contributed by atoms with E-state index in [2.05, 4.69) is 16.0 Å². The second-order valence-corrected chi connectivity index (χ2v) is 5.83. The lowest BCUT2D eigenvalue weighted by molar-refractivity contribution is -0.123. The second-order valence-electron chi connectivity index (χ2n) is 5.83. The van der Waals surface area contributed by atoms with Crippen LogP contribution in [-0.2, 0) is 11.3 Å². The molecule has 0 saturated carbocycles. The Morgan fingerprint density at radius 1 is 1.07 bits per heavy atom. The standard InChI is InChI=1S/C20H17N5O3/c21-12-15-4-8-18(9-5-15)28-14-19(26)23-24-20(27)17-6-2-16(3-7-17)13-25-11-1-10-22-25/h1-11H,13-14H2,(H,23,26)(H,24,27). The van der Waals surface area contributed by atoms with Gasteiger partial charge in [0, 0.05) is 18.0 Å². The third kappa shape index (κ3) is 5.19. The Morgan fingerprint density at radius 3 is 2.46 bits per heavy atom. The third-order valence-electron chi connectivity index (χ3n) is 3.79. The molecule has 0 aliphatic heterocycles. The average molecular weight is 375 g/mol. The van der Waals surface area contributed by atoms with Crippen molar-refractivity contribution in [2.45, 2.75) is 6.54 Å². The fraction of sp³-hybridized carbons (Fsp3) is 0.100. The van der Waals surface area contributed by atoms with Crippen LogP contribution in [0.4, 0.5) is 0 Å². The first-order valence-electron chi connectivity index (χ1n) is 8.42. The minimum absolute atomic E-state index is 0.269. The van der Waals surface area contributed by atoms with Gasteiger partial charge in [-0.1, -0.05) is 12.1 Å². The quantitative estimate of drug-likeness (QED) is 0.637. The Labute approximate surface area is 161 Å². The van der Waals surface area contributed by atoms with Crippen LogP contribution in [0.1, 0.15) is 21.5 Å². The summed E-state index contributed by atoms with van der Waals surface area (Å²) in [6.07, 6.45) is 3.56. The lowest BCUT2D eigenvalue weighted by Crippen LogP contribution is -2.43. The molecule has 0 bridgehead atoms. The van der Waals surface area contributed by atoms with Gasteiger partial charge in [-0.3, -0.25) is 25.1 Å². The summed E-state index contributed by atoms with van der Waals surface area (Å²) in [4.78, 5) is 23.9. The molecule has 1 aromatic heterocycles. The van der Waals surface area contributed by atoms with Crippen molar-refractivity contribution in [2.24, 2.45) is 0 Å². The SMILES string of the molecule is N#Cc1ccc(OCC(=O)NNC(=O)c2ccc(Cn3cccn3)cc2)cc1. The monoisotopic (exact) mass is 375 g/mol. The van der Waals surface area contributed by atoms with Crippen LogP contribution in [-0.4, -0.2) is 28.2 Å². The van der Waals surface area contributed by atoms with E-state index in [0.29, 0.717) is 23.4 Å². The molecule has 0 aliphatic rings. The van der Waals surface area contributed by atoms with Crippen LogP contribution in [0, 0.1) is 11.3 Å². The Kier molecular flexibility index (Phi) is 6.00. The van der Waals surface area contributed by atoms with Gasteiger partial charge in [0.15, 0.2) is 6.61 Å². The van der Waals surface area contributed by atoms with Crippen molar-refractivity contribution >= 4 is 11.8 Å². The zero-order chi connectivity index (χ0) is 19.8. The molecule has 28 heavy (non-hydrogen) atoms. The van der Waals surface area contributed by atoms with Crippen molar-refractivity contribution < 1.29 is 14.3 Å². The number of hydrogen-bond acceptors (Lipinski definition) is 5. The molecule has 0 radical (unpaired) electrons. The van der Waals surface area contributed by atoms with Crippen molar-refractivity contribution in [2.75, 3.05) is 6.61 Å². The van der Waals surface area contributed by atoms with E-state index in [1.54, 1.807) is 47.3 Å². The highest BCUT2D eigenvalue weighted by molar-refractivity contribution is 5.95. The summed E-state index contributed by atoms with van der Waals surface area (Å²) in [5, 5.41) is 12.9. The molecule has 0 saturated heterocycles. The molecule has 3 aromatic rings. The second kappa shape index (κ2) is 9.00. The number of carbonyl (C=O) groups excluding carboxylic acids is 2. The van der Waals surface area contributed by atoms with Crippen molar-refractivity contribution in [1.82, 2.24) is 20.6 Å². The van der Waals surface area contributed by atoms with Gasteiger partial charge in [0.1, 0.15) is 5.75 Å². The van der Waals surface area contributed by atoms with Crippen LogP contribution >= 0.6 is 0 Å². The maximum Gasteiger partial charge on any atom is 0.276 e. The maximum absolute atomic E-state index is 12.1.